The minimum atomic E-state index is -0.255. The molecule has 1 aliphatic heterocycles. The molecule has 8 heteroatoms. The molecule has 1 fully saturated rings. The molecular weight excluding hydrogens is 451 g/mol. The number of hydrogen-bond acceptors (Lipinski definition) is 5. The standard InChI is InChI=1S/C26H25FN4O2S/c27-21-4-1-3-19(13-21)16-31-24-15-28-11-10-23(24)30-26(31)34-17-18-6-8-20(9-7-18)25(32)29-14-22-5-2-12-33-22/h1,3-4,6-11,13,15,22H,2,5,12,14,16-17H2,(H,29,32)/t22-/m1/s1. The Hall–Kier alpha value is -3.23. The first-order valence-corrected chi connectivity index (χ1v) is 12.3. The molecule has 34 heavy (non-hydrogen) atoms. The molecule has 1 amide bonds. The van der Waals surface area contributed by atoms with E-state index in [0.717, 1.165) is 46.8 Å². The van der Waals surface area contributed by atoms with E-state index in [1.807, 2.05) is 36.4 Å². The molecule has 4 aromatic rings. The SMILES string of the molecule is O=C(NC[C@H]1CCCO1)c1ccc(CSc2nc3ccncc3n2Cc2cccc(F)c2)cc1. The zero-order valence-electron chi connectivity index (χ0n) is 18.6. The van der Waals surface area contributed by atoms with Gasteiger partial charge in [0.15, 0.2) is 5.16 Å². The lowest BCUT2D eigenvalue weighted by Gasteiger charge is -2.11. The fourth-order valence-electron chi connectivity index (χ4n) is 4.04. The van der Waals surface area contributed by atoms with Crippen molar-refractivity contribution in [1.29, 1.82) is 0 Å². The van der Waals surface area contributed by atoms with Gasteiger partial charge >= 0.3 is 0 Å². The van der Waals surface area contributed by atoms with E-state index in [1.165, 1.54) is 6.07 Å². The number of hydrogen-bond donors (Lipinski definition) is 1. The molecule has 0 unspecified atom stereocenters. The Morgan fingerprint density at radius 3 is 2.85 bits per heavy atom. The van der Waals surface area contributed by atoms with Gasteiger partial charge in [-0.1, -0.05) is 36.0 Å². The van der Waals surface area contributed by atoms with E-state index in [2.05, 4.69) is 14.9 Å². The zero-order chi connectivity index (χ0) is 23.3. The normalized spacial score (nSPS) is 15.6. The third-order valence-corrected chi connectivity index (χ3v) is 6.89. The number of ether oxygens (including phenoxy) is 1. The van der Waals surface area contributed by atoms with E-state index in [0.29, 0.717) is 24.4 Å². The summed E-state index contributed by atoms with van der Waals surface area (Å²) in [5, 5.41) is 3.79. The number of amides is 1. The number of nitrogens with zero attached hydrogens (tertiary/aromatic N) is 3. The van der Waals surface area contributed by atoms with Gasteiger partial charge in [-0.25, -0.2) is 9.37 Å². The molecule has 1 aliphatic rings. The molecule has 1 N–H and O–H groups in total. The highest BCUT2D eigenvalue weighted by molar-refractivity contribution is 7.98. The summed E-state index contributed by atoms with van der Waals surface area (Å²) >= 11 is 1.60. The highest BCUT2D eigenvalue weighted by Gasteiger charge is 2.17. The lowest BCUT2D eigenvalue weighted by molar-refractivity contribution is 0.0858. The maximum atomic E-state index is 13.7. The molecule has 174 valence electrons. The maximum absolute atomic E-state index is 13.7. The summed E-state index contributed by atoms with van der Waals surface area (Å²) in [7, 11) is 0. The molecule has 5 rings (SSSR count). The van der Waals surface area contributed by atoms with Crippen molar-refractivity contribution in [1.82, 2.24) is 19.9 Å². The van der Waals surface area contributed by atoms with Gasteiger partial charge in [0.1, 0.15) is 5.82 Å². The van der Waals surface area contributed by atoms with Crippen molar-refractivity contribution in [2.75, 3.05) is 13.2 Å². The van der Waals surface area contributed by atoms with Crippen LogP contribution in [0.5, 0.6) is 0 Å². The number of halogens is 1. The molecule has 1 saturated heterocycles. The van der Waals surface area contributed by atoms with Crippen molar-refractivity contribution in [2.45, 2.75) is 36.4 Å². The molecule has 2 aromatic heterocycles. The largest absolute Gasteiger partial charge is 0.376 e. The van der Waals surface area contributed by atoms with Gasteiger partial charge in [-0.15, -0.1) is 0 Å². The summed E-state index contributed by atoms with van der Waals surface area (Å²) in [4.78, 5) is 21.4. The van der Waals surface area contributed by atoms with E-state index in [1.54, 1.807) is 36.3 Å². The predicted molar refractivity (Wildman–Crippen MR) is 130 cm³/mol. The van der Waals surface area contributed by atoms with Gasteiger partial charge in [0, 0.05) is 30.7 Å². The van der Waals surface area contributed by atoms with Crippen molar-refractivity contribution in [3.8, 4) is 0 Å². The van der Waals surface area contributed by atoms with Gasteiger partial charge < -0.3 is 14.6 Å². The first-order valence-electron chi connectivity index (χ1n) is 11.3. The van der Waals surface area contributed by atoms with Crippen LogP contribution in [0.4, 0.5) is 4.39 Å². The van der Waals surface area contributed by atoms with Crippen molar-refractivity contribution in [3.63, 3.8) is 0 Å². The van der Waals surface area contributed by atoms with Crippen molar-refractivity contribution in [2.24, 2.45) is 0 Å². The Kier molecular flexibility index (Phi) is 6.87. The molecule has 0 bridgehead atoms. The Balaban J connectivity index is 1.27. The van der Waals surface area contributed by atoms with Crippen molar-refractivity contribution < 1.29 is 13.9 Å². The number of imidazole rings is 1. The third kappa shape index (κ3) is 5.29. The minimum Gasteiger partial charge on any atom is -0.376 e. The van der Waals surface area contributed by atoms with Crippen molar-refractivity contribution >= 4 is 28.7 Å². The molecule has 0 spiro atoms. The van der Waals surface area contributed by atoms with E-state index >= 15 is 0 Å². The number of rotatable bonds is 8. The zero-order valence-corrected chi connectivity index (χ0v) is 19.4. The number of pyridine rings is 1. The summed E-state index contributed by atoms with van der Waals surface area (Å²) in [6, 6.07) is 16.1. The van der Waals surface area contributed by atoms with Crippen LogP contribution in [0.15, 0.2) is 72.1 Å². The quantitative estimate of drug-likeness (QED) is 0.369. The average molecular weight is 477 g/mol. The summed E-state index contributed by atoms with van der Waals surface area (Å²) in [5.41, 5.74) is 4.35. The number of carbonyl (C=O) groups excluding carboxylic acids is 1. The minimum absolute atomic E-state index is 0.0842. The number of thioether (sulfide) groups is 1. The van der Waals surface area contributed by atoms with Crippen LogP contribution in [0.25, 0.3) is 11.0 Å². The maximum Gasteiger partial charge on any atom is 0.251 e. The summed E-state index contributed by atoms with van der Waals surface area (Å²) in [6.07, 6.45) is 5.69. The van der Waals surface area contributed by atoms with Gasteiger partial charge in [-0.2, -0.15) is 0 Å². The number of aromatic nitrogens is 3. The van der Waals surface area contributed by atoms with Gasteiger partial charge in [-0.05, 0) is 54.3 Å². The van der Waals surface area contributed by atoms with E-state index in [9.17, 15) is 9.18 Å². The van der Waals surface area contributed by atoms with Gasteiger partial charge in [0.05, 0.1) is 29.9 Å². The van der Waals surface area contributed by atoms with Gasteiger partial charge in [0.2, 0.25) is 0 Å². The molecule has 0 radical (unpaired) electrons. The van der Waals surface area contributed by atoms with Crippen LogP contribution in [0.1, 0.15) is 34.3 Å². The van der Waals surface area contributed by atoms with Crippen LogP contribution in [0, 0.1) is 5.82 Å². The number of fused-ring (bicyclic) bond motifs is 1. The molecule has 6 nitrogen and oxygen atoms in total. The average Bonchev–Trinajstić information content (AvgIpc) is 3.50. The highest BCUT2D eigenvalue weighted by atomic mass is 32.2. The smallest absolute Gasteiger partial charge is 0.251 e. The first-order chi connectivity index (χ1) is 16.7. The van der Waals surface area contributed by atoms with Crippen LogP contribution in [0.2, 0.25) is 0 Å². The second-order valence-corrected chi connectivity index (χ2v) is 9.25. The van der Waals surface area contributed by atoms with Crippen LogP contribution in [-0.2, 0) is 17.0 Å². The Morgan fingerprint density at radius 1 is 1.18 bits per heavy atom. The fraction of sp³-hybridized carbons (Fsp3) is 0.269. The number of nitrogens with one attached hydrogen (secondary N) is 1. The summed E-state index contributed by atoms with van der Waals surface area (Å²) in [6.45, 7) is 1.83. The second-order valence-electron chi connectivity index (χ2n) is 8.31. The molecule has 3 heterocycles. The lowest BCUT2D eigenvalue weighted by atomic mass is 10.1. The predicted octanol–water partition coefficient (Wildman–Crippen LogP) is 4.82. The Labute approximate surface area is 201 Å². The van der Waals surface area contributed by atoms with Crippen LogP contribution < -0.4 is 5.32 Å². The first kappa shape index (κ1) is 22.6. The highest BCUT2D eigenvalue weighted by Crippen LogP contribution is 2.27. The number of benzene rings is 2. The van der Waals surface area contributed by atoms with Crippen molar-refractivity contribution in [3.05, 3.63) is 89.5 Å². The second kappa shape index (κ2) is 10.4. The topological polar surface area (TPSA) is 69.0 Å². The Morgan fingerprint density at radius 2 is 2.06 bits per heavy atom. The summed E-state index contributed by atoms with van der Waals surface area (Å²) in [5.74, 6) is 0.353. The van der Waals surface area contributed by atoms with Gasteiger partial charge in [-0.3, -0.25) is 9.78 Å². The molecule has 0 saturated carbocycles. The van der Waals surface area contributed by atoms with Crippen LogP contribution in [-0.4, -0.2) is 39.7 Å². The molecule has 1 atom stereocenters. The van der Waals surface area contributed by atoms with E-state index in [4.69, 9.17) is 9.72 Å². The van der Waals surface area contributed by atoms with E-state index < -0.39 is 0 Å². The third-order valence-electron chi connectivity index (χ3n) is 5.84. The van der Waals surface area contributed by atoms with Gasteiger partial charge in [0.25, 0.3) is 5.91 Å². The number of carbonyl (C=O) groups is 1. The molecular formula is C26H25FN4O2S. The van der Waals surface area contributed by atoms with Crippen LogP contribution in [0.3, 0.4) is 0 Å². The van der Waals surface area contributed by atoms with E-state index in [-0.39, 0.29) is 17.8 Å². The lowest BCUT2D eigenvalue weighted by Crippen LogP contribution is -2.31. The monoisotopic (exact) mass is 476 g/mol. The molecule has 2 aromatic carbocycles. The summed E-state index contributed by atoms with van der Waals surface area (Å²) < 4.78 is 21.3. The fourth-order valence-corrected chi connectivity index (χ4v) is 5.01. The Bertz CT molecular complexity index is 1290. The van der Waals surface area contributed by atoms with Crippen LogP contribution >= 0.6 is 11.8 Å². The molecule has 0 aliphatic carbocycles.